The predicted octanol–water partition coefficient (Wildman–Crippen LogP) is 3.33. The number of aromatic nitrogens is 3. The molecule has 0 radical (unpaired) electrons. The van der Waals surface area contributed by atoms with Gasteiger partial charge in [0.05, 0.1) is 5.75 Å². The number of aromatic amines is 1. The van der Waals surface area contributed by atoms with E-state index >= 15 is 0 Å². The zero-order valence-electron chi connectivity index (χ0n) is 13.6. The smallest absolute Gasteiger partial charge is 0.230 e. The highest BCUT2D eigenvalue weighted by atomic mass is 32.2. The lowest BCUT2D eigenvalue weighted by Crippen LogP contribution is -2.25. The number of nitrogens with one attached hydrogen (secondary N) is 2. The topological polar surface area (TPSA) is 70.7 Å². The quantitative estimate of drug-likeness (QED) is 0.665. The second kappa shape index (κ2) is 7.94. The van der Waals surface area contributed by atoms with Crippen molar-refractivity contribution >= 4 is 17.7 Å². The van der Waals surface area contributed by atoms with Crippen LogP contribution in [0.2, 0.25) is 0 Å². The van der Waals surface area contributed by atoms with Crippen LogP contribution in [0.4, 0.5) is 4.39 Å². The summed E-state index contributed by atoms with van der Waals surface area (Å²) in [7, 11) is 0. The van der Waals surface area contributed by atoms with Crippen molar-refractivity contribution in [2.24, 2.45) is 0 Å². The molecule has 128 valence electrons. The van der Waals surface area contributed by atoms with Crippen molar-refractivity contribution in [3.63, 3.8) is 0 Å². The van der Waals surface area contributed by atoms with Crippen LogP contribution in [0.5, 0.6) is 0 Å². The zero-order valence-corrected chi connectivity index (χ0v) is 14.4. The summed E-state index contributed by atoms with van der Waals surface area (Å²) >= 11 is 1.23. The lowest BCUT2D eigenvalue weighted by atomic mass is 10.1. The zero-order chi connectivity index (χ0) is 17.6. The fourth-order valence-corrected chi connectivity index (χ4v) is 2.80. The van der Waals surface area contributed by atoms with Crippen LogP contribution in [-0.2, 0) is 11.3 Å². The van der Waals surface area contributed by atoms with Gasteiger partial charge in [-0.15, -0.1) is 5.10 Å². The molecule has 0 fully saturated rings. The number of amides is 1. The van der Waals surface area contributed by atoms with Gasteiger partial charge in [0, 0.05) is 17.7 Å². The molecule has 3 rings (SSSR count). The van der Waals surface area contributed by atoms with Crippen molar-refractivity contribution in [3.05, 3.63) is 65.5 Å². The third-order valence-corrected chi connectivity index (χ3v) is 4.40. The number of hydrogen-bond donors (Lipinski definition) is 2. The Hall–Kier alpha value is -2.67. The van der Waals surface area contributed by atoms with Crippen LogP contribution in [0.15, 0.2) is 53.7 Å². The van der Waals surface area contributed by atoms with Gasteiger partial charge in [-0.3, -0.25) is 9.89 Å². The molecule has 0 unspecified atom stereocenters. The van der Waals surface area contributed by atoms with E-state index in [9.17, 15) is 9.18 Å². The molecule has 1 aromatic heterocycles. The molecule has 3 aromatic rings. The Bertz CT molecular complexity index is 864. The first kappa shape index (κ1) is 17.2. The molecule has 1 heterocycles. The molecule has 25 heavy (non-hydrogen) atoms. The van der Waals surface area contributed by atoms with E-state index in [0.29, 0.717) is 16.5 Å². The van der Waals surface area contributed by atoms with Gasteiger partial charge >= 0.3 is 0 Å². The Morgan fingerprint density at radius 1 is 1.20 bits per heavy atom. The van der Waals surface area contributed by atoms with Crippen molar-refractivity contribution in [2.45, 2.75) is 18.6 Å². The second-order valence-electron chi connectivity index (χ2n) is 5.49. The standard InChI is InChI=1S/C18H17FN4OS/c1-12-6-8-13(9-7-12)17-21-18(23-22-17)25-11-16(24)20-10-14-4-2-3-5-15(14)19/h2-9H,10-11H2,1H3,(H,20,24)(H,21,22,23). The Morgan fingerprint density at radius 3 is 2.72 bits per heavy atom. The van der Waals surface area contributed by atoms with Gasteiger partial charge in [0.1, 0.15) is 5.82 Å². The molecular weight excluding hydrogens is 339 g/mol. The minimum absolute atomic E-state index is 0.161. The molecule has 2 aromatic carbocycles. The molecule has 0 saturated heterocycles. The molecule has 1 amide bonds. The van der Waals surface area contributed by atoms with E-state index in [0.717, 1.165) is 5.56 Å². The molecular formula is C18H17FN4OS. The largest absolute Gasteiger partial charge is 0.351 e. The third-order valence-electron chi connectivity index (χ3n) is 3.56. The fourth-order valence-electron chi connectivity index (χ4n) is 2.17. The number of carbonyl (C=O) groups is 1. The lowest BCUT2D eigenvalue weighted by Gasteiger charge is -2.05. The molecule has 0 spiro atoms. The molecule has 0 saturated carbocycles. The summed E-state index contributed by atoms with van der Waals surface area (Å²) in [5.74, 6) is 0.302. The first-order valence-electron chi connectivity index (χ1n) is 7.74. The molecule has 0 aliphatic rings. The van der Waals surface area contributed by atoms with Crippen LogP contribution in [0.25, 0.3) is 11.4 Å². The summed E-state index contributed by atoms with van der Waals surface area (Å²) < 4.78 is 13.5. The average Bonchev–Trinajstić information content (AvgIpc) is 3.09. The molecule has 0 aliphatic carbocycles. The van der Waals surface area contributed by atoms with Crippen molar-refractivity contribution in [1.29, 1.82) is 0 Å². The number of thioether (sulfide) groups is 1. The van der Waals surface area contributed by atoms with Crippen LogP contribution >= 0.6 is 11.8 Å². The van der Waals surface area contributed by atoms with E-state index in [1.807, 2.05) is 31.2 Å². The summed E-state index contributed by atoms with van der Waals surface area (Å²) in [6.07, 6.45) is 0. The minimum atomic E-state index is -0.327. The second-order valence-corrected chi connectivity index (χ2v) is 6.43. The Kier molecular flexibility index (Phi) is 5.45. The molecule has 0 aliphatic heterocycles. The Morgan fingerprint density at radius 2 is 1.96 bits per heavy atom. The maximum Gasteiger partial charge on any atom is 0.230 e. The van der Waals surface area contributed by atoms with E-state index in [-0.39, 0.29) is 24.0 Å². The van der Waals surface area contributed by atoms with Crippen molar-refractivity contribution in [2.75, 3.05) is 5.75 Å². The van der Waals surface area contributed by atoms with Gasteiger partial charge in [-0.05, 0) is 13.0 Å². The number of nitrogens with zero attached hydrogens (tertiary/aromatic N) is 2. The number of rotatable bonds is 6. The highest BCUT2D eigenvalue weighted by Gasteiger charge is 2.09. The summed E-state index contributed by atoms with van der Waals surface area (Å²) in [5, 5.41) is 10.2. The summed E-state index contributed by atoms with van der Waals surface area (Å²) in [5.41, 5.74) is 2.57. The van der Waals surface area contributed by atoms with Crippen molar-refractivity contribution in [3.8, 4) is 11.4 Å². The lowest BCUT2D eigenvalue weighted by molar-refractivity contribution is -0.118. The number of hydrogen-bond acceptors (Lipinski definition) is 4. The number of H-pyrrole nitrogens is 1. The monoisotopic (exact) mass is 356 g/mol. The van der Waals surface area contributed by atoms with Gasteiger partial charge in [-0.1, -0.05) is 59.8 Å². The number of halogens is 1. The highest BCUT2D eigenvalue weighted by Crippen LogP contribution is 2.19. The van der Waals surface area contributed by atoms with E-state index in [1.54, 1.807) is 18.2 Å². The van der Waals surface area contributed by atoms with Crippen LogP contribution in [-0.4, -0.2) is 26.8 Å². The average molecular weight is 356 g/mol. The molecule has 5 nitrogen and oxygen atoms in total. The Balaban J connectivity index is 1.51. The van der Waals surface area contributed by atoms with Gasteiger partial charge in [-0.2, -0.15) is 0 Å². The predicted molar refractivity (Wildman–Crippen MR) is 95.5 cm³/mol. The molecule has 2 N–H and O–H groups in total. The van der Waals surface area contributed by atoms with Gasteiger partial charge in [0.25, 0.3) is 0 Å². The van der Waals surface area contributed by atoms with Gasteiger partial charge in [0.15, 0.2) is 5.82 Å². The van der Waals surface area contributed by atoms with E-state index < -0.39 is 0 Å². The summed E-state index contributed by atoms with van der Waals surface area (Å²) in [6, 6.07) is 14.3. The normalized spacial score (nSPS) is 10.6. The highest BCUT2D eigenvalue weighted by molar-refractivity contribution is 7.99. The first-order chi connectivity index (χ1) is 12.1. The van der Waals surface area contributed by atoms with Gasteiger partial charge in [-0.25, -0.2) is 9.37 Å². The molecule has 0 bridgehead atoms. The van der Waals surface area contributed by atoms with Gasteiger partial charge < -0.3 is 5.32 Å². The minimum Gasteiger partial charge on any atom is -0.351 e. The van der Waals surface area contributed by atoms with Crippen LogP contribution < -0.4 is 5.32 Å². The summed E-state index contributed by atoms with van der Waals surface area (Å²) in [4.78, 5) is 16.3. The SMILES string of the molecule is Cc1ccc(-c2nc(SCC(=O)NCc3ccccc3F)n[nH]2)cc1. The molecule has 7 heteroatoms. The molecule has 0 atom stereocenters. The van der Waals surface area contributed by atoms with E-state index in [2.05, 4.69) is 20.5 Å². The first-order valence-corrected chi connectivity index (χ1v) is 8.73. The van der Waals surface area contributed by atoms with Crippen molar-refractivity contribution in [1.82, 2.24) is 20.5 Å². The van der Waals surface area contributed by atoms with Crippen LogP contribution in [0, 0.1) is 12.7 Å². The fraction of sp³-hybridized carbons (Fsp3) is 0.167. The van der Waals surface area contributed by atoms with Crippen LogP contribution in [0.1, 0.15) is 11.1 Å². The van der Waals surface area contributed by atoms with Crippen molar-refractivity contribution < 1.29 is 9.18 Å². The third kappa shape index (κ3) is 4.67. The number of aryl methyl sites for hydroxylation is 1. The van der Waals surface area contributed by atoms with Crippen LogP contribution in [0.3, 0.4) is 0 Å². The summed E-state index contributed by atoms with van der Waals surface area (Å²) in [6.45, 7) is 2.18. The van der Waals surface area contributed by atoms with E-state index in [4.69, 9.17) is 0 Å². The van der Waals surface area contributed by atoms with Gasteiger partial charge in [0.2, 0.25) is 11.1 Å². The Labute approximate surface area is 149 Å². The number of carbonyl (C=O) groups excluding carboxylic acids is 1. The maximum atomic E-state index is 13.5. The maximum absolute atomic E-state index is 13.5. The van der Waals surface area contributed by atoms with E-state index in [1.165, 1.54) is 23.4 Å². The number of benzene rings is 2.